The Morgan fingerprint density at radius 3 is 2.53 bits per heavy atom. The molecule has 1 fully saturated rings. The standard InChI is InChI=1S/C12H24N2O3/c1-5-14(11(15)17-12(2,3)4)7-6-13-10-8-16-9-10/h10,13H,5-9H2,1-4H3. The summed E-state index contributed by atoms with van der Waals surface area (Å²) in [5, 5.41) is 3.33. The van der Waals surface area contributed by atoms with Crippen LogP contribution in [0.1, 0.15) is 27.7 Å². The first-order valence-electron chi connectivity index (χ1n) is 6.21. The van der Waals surface area contributed by atoms with Gasteiger partial charge in [0.1, 0.15) is 5.60 Å². The molecule has 0 spiro atoms. The Morgan fingerprint density at radius 2 is 2.12 bits per heavy atom. The van der Waals surface area contributed by atoms with Crippen LogP contribution < -0.4 is 5.32 Å². The number of carbonyl (C=O) groups is 1. The molecule has 5 nitrogen and oxygen atoms in total. The van der Waals surface area contributed by atoms with Crippen LogP contribution in [0.5, 0.6) is 0 Å². The van der Waals surface area contributed by atoms with Crippen molar-refractivity contribution in [3.8, 4) is 0 Å². The molecule has 1 saturated heterocycles. The molecule has 0 radical (unpaired) electrons. The van der Waals surface area contributed by atoms with Crippen molar-refractivity contribution in [3.05, 3.63) is 0 Å². The van der Waals surface area contributed by atoms with Crippen LogP contribution >= 0.6 is 0 Å². The molecule has 1 aliphatic heterocycles. The van der Waals surface area contributed by atoms with Gasteiger partial charge < -0.3 is 19.7 Å². The summed E-state index contributed by atoms with van der Waals surface area (Å²) in [5.74, 6) is 0. The zero-order chi connectivity index (χ0) is 12.9. The molecule has 0 aromatic carbocycles. The number of hydrogen-bond acceptors (Lipinski definition) is 4. The lowest BCUT2D eigenvalue weighted by Gasteiger charge is -2.29. The number of likely N-dealkylation sites (N-methyl/N-ethyl adjacent to an activating group) is 1. The molecule has 0 aromatic heterocycles. The molecule has 5 heteroatoms. The molecule has 1 aliphatic rings. The highest BCUT2D eigenvalue weighted by molar-refractivity contribution is 5.68. The molecular weight excluding hydrogens is 220 g/mol. The molecule has 0 saturated carbocycles. The van der Waals surface area contributed by atoms with Gasteiger partial charge >= 0.3 is 6.09 Å². The third-order valence-electron chi connectivity index (χ3n) is 2.49. The van der Waals surface area contributed by atoms with Gasteiger partial charge in [-0.2, -0.15) is 0 Å². The molecule has 0 unspecified atom stereocenters. The number of ether oxygens (including phenoxy) is 2. The molecular formula is C12H24N2O3. The van der Waals surface area contributed by atoms with E-state index in [-0.39, 0.29) is 6.09 Å². The second-order valence-electron chi connectivity index (χ2n) is 5.25. The van der Waals surface area contributed by atoms with Gasteiger partial charge in [0.15, 0.2) is 0 Å². The summed E-state index contributed by atoms with van der Waals surface area (Å²) in [6, 6.07) is 0.451. The summed E-state index contributed by atoms with van der Waals surface area (Å²) in [4.78, 5) is 13.5. The fourth-order valence-corrected chi connectivity index (χ4v) is 1.46. The first-order valence-corrected chi connectivity index (χ1v) is 6.21. The van der Waals surface area contributed by atoms with E-state index in [4.69, 9.17) is 9.47 Å². The van der Waals surface area contributed by atoms with Crippen molar-refractivity contribution >= 4 is 6.09 Å². The summed E-state index contributed by atoms with van der Waals surface area (Å²) in [6.07, 6.45) is -0.244. The molecule has 1 N–H and O–H groups in total. The number of hydrogen-bond donors (Lipinski definition) is 1. The molecule has 0 aromatic rings. The van der Waals surface area contributed by atoms with Crippen molar-refractivity contribution in [2.24, 2.45) is 0 Å². The second kappa shape index (κ2) is 6.21. The molecule has 0 aliphatic carbocycles. The van der Waals surface area contributed by atoms with Crippen LogP contribution in [0, 0.1) is 0 Å². The lowest BCUT2D eigenvalue weighted by Crippen LogP contribution is -2.49. The predicted octanol–water partition coefficient (Wildman–Crippen LogP) is 1.23. The van der Waals surface area contributed by atoms with E-state index in [9.17, 15) is 4.79 Å². The number of nitrogens with zero attached hydrogens (tertiary/aromatic N) is 1. The molecule has 1 rings (SSSR count). The van der Waals surface area contributed by atoms with Gasteiger partial charge in [-0.3, -0.25) is 0 Å². The normalized spacial score (nSPS) is 16.5. The topological polar surface area (TPSA) is 50.8 Å². The SMILES string of the molecule is CCN(CCNC1COC1)C(=O)OC(C)(C)C. The zero-order valence-electron chi connectivity index (χ0n) is 11.3. The number of carbonyl (C=O) groups excluding carboxylic acids is 1. The molecule has 1 heterocycles. The fraction of sp³-hybridized carbons (Fsp3) is 0.917. The monoisotopic (exact) mass is 244 g/mol. The van der Waals surface area contributed by atoms with E-state index in [0.29, 0.717) is 19.1 Å². The summed E-state index contributed by atoms with van der Waals surface area (Å²) in [7, 11) is 0. The smallest absolute Gasteiger partial charge is 0.410 e. The quantitative estimate of drug-likeness (QED) is 0.790. The van der Waals surface area contributed by atoms with Crippen LogP contribution in [-0.2, 0) is 9.47 Å². The van der Waals surface area contributed by atoms with E-state index in [2.05, 4.69) is 5.32 Å². The Hall–Kier alpha value is -0.810. The Labute approximate surface area is 103 Å². The van der Waals surface area contributed by atoms with Gasteiger partial charge in [0.25, 0.3) is 0 Å². The van der Waals surface area contributed by atoms with Crippen LogP contribution in [0.3, 0.4) is 0 Å². The lowest BCUT2D eigenvalue weighted by atomic mass is 10.2. The third kappa shape index (κ3) is 5.37. The van der Waals surface area contributed by atoms with Crippen molar-refractivity contribution in [2.45, 2.75) is 39.3 Å². The van der Waals surface area contributed by atoms with Gasteiger partial charge in [-0.25, -0.2) is 4.79 Å². The molecule has 1 amide bonds. The van der Waals surface area contributed by atoms with E-state index in [1.54, 1.807) is 4.90 Å². The van der Waals surface area contributed by atoms with E-state index < -0.39 is 5.60 Å². The molecule has 100 valence electrons. The van der Waals surface area contributed by atoms with Gasteiger partial charge in [-0.1, -0.05) is 0 Å². The Bertz CT molecular complexity index is 247. The molecule has 0 bridgehead atoms. The highest BCUT2D eigenvalue weighted by Crippen LogP contribution is 2.09. The lowest BCUT2D eigenvalue weighted by molar-refractivity contribution is -0.00670. The van der Waals surface area contributed by atoms with Crippen molar-refractivity contribution in [1.29, 1.82) is 0 Å². The van der Waals surface area contributed by atoms with Crippen molar-refractivity contribution in [3.63, 3.8) is 0 Å². The number of amides is 1. The summed E-state index contributed by atoms with van der Waals surface area (Å²) in [6.45, 7) is 11.3. The highest BCUT2D eigenvalue weighted by atomic mass is 16.6. The maximum Gasteiger partial charge on any atom is 0.410 e. The summed E-state index contributed by atoms with van der Waals surface area (Å²) in [5.41, 5.74) is -0.431. The van der Waals surface area contributed by atoms with Crippen LogP contribution in [0.4, 0.5) is 4.79 Å². The van der Waals surface area contributed by atoms with Crippen LogP contribution in [0.15, 0.2) is 0 Å². The molecule has 0 atom stereocenters. The first-order chi connectivity index (χ1) is 7.92. The van der Waals surface area contributed by atoms with E-state index in [0.717, 1.165) is 19.8 Å². The van der Waals surface area contributed by atoms with Crippen LogP contribution in [0.25, 0.3) is 0 Å². The summed E-state index contributed by atoms with van der Waals surface area (Å²) >= 11 is 0. The van der Waals surface area contributed by atoms with Gasteiger partial charge in [-0.15, -0.1) is 0 Å². The summed E-state index contributed by atoms with van der Waals surface area (Å²) < 4.78 is 10.4. The largest absolute Gasteiger partial charge is 0.444 e. The van der Waals surface area contributed by atoms with Gasteiger partial charge in [-0.05, 0) is 27.7 Å². The van der Waals surface area contributed by atoms with Crippen molar-refractivity contribution in [1.82, 2.24) is 10.2 Å². The van der Waals surface area contributed by atoms with Gasteiger partial charge in [0.05, 0.1) is 19.3 Å². The average molecular weight is 244 g/mol. The fourth-order valence-electron chi connectivity index (χ4n) is 1.46. The maximum atomic E-state index is 11.8. The zero-order valence-corrected chi connectivity index (χ0v) is 11.3. The second-order valence-corrected chi connectivity index (χ2v) is 5.25. The van der Waals surface area contributed by atoms with E-state index >= 15 is 0 Å². The van der Waals surface area contributed by atoms with Crippen molar-refractivity contribution < 1.29 is 14.3 Å². The minimum Gasteiger partial charge on any atom is -0.444 e. The maximum absolute atomic E-state index is 11.8. The van der Waals surface area contributed by atoms with E-state index in [1.807, 2.05) is 27.7 Å². The minimum absolute atomic E-state index is 0.244. The Morgan fingerprint density at radius 1 is 1.47 bits per heavy atom. The predicted molar refractivity (Wildman–Crippen MR) is 66.1 cm³/mol. The average Bonchev–Trinajstić information content (AvgIpc) is 2.12. The first kappa shape index (κ1) is 14.3. The van der Waals surface area contributed by atoms with Crippen LogP contribution in [-0.4, -0.2) is 55.5 Å². The highest BCUT2D eigenvalue weighted by Gasteiger charge is 2.22. The third-order valence-corrected chi connectivity index (χ3v) is 2.49. The van der Waals surface area contributed by atoms with E-state index in [1.165, 1.54) is 0 Å². The van der Waals surface area contributed by atoms with Gasteiger partial charge in [0, 0.05) is 19.6 Å². The number of rotatable bonds is 5. The van der Waals surface area contributed by atoms with Crippen LogP contribution in [0.2, 0.25) is 0 Å². The van der Waals surface area contributed by atoms with Gasteiger partial charge in [0.2, 0.25) is 0 Å². The number of nitrogens with one attached hydrogen (secondary N) is 1. The Kier molecular flexibility index (Phi) is 5.21. The minimum atomic E-state index is -0.431. The van der Waals surface area contributed by atoms with Crippen molar-refractivity contribution in [2.75, 3.05) is 32.8 Å². The Balaban J connectivity index is 2.23. The molecule has 17 heavy (non-hydrogen) atoms.